The van der Waals surface area contributed by atoms with E-state index in [2.05, 4.69) is 5.73 Å². The van der Waals surface area contributed by atoms with Gasteiger partial charge in [0.15, 0.2) is 9.84 Å². The molecule has 1 saturated heterocycles. The normalized spacial score (nSPS) is 37.0. The molecule has 0 unspecified atom stereocenters. The van der Waals surface area contributed by atoms with Gasteiger partial charge >= 0.3 is 0 Å². The smallest absolute Gasteiger partial charge is 0.159 e. The number of halogens is 1. The molecule has 0 aromatic rings. The summed E-state index contributed by atoms with van der Waals surface area (Å²) >= 11 is 0. The van der Waals surface area contributed by atoms with Gasteiger partial charge < -0.3 is 23.2 Å². The predicted molar refractivity (Wildman–Crippen MR) is 31.3 cm³/mol. The van der Waals surface area contributed by atoms with Gasteiger partial charge in [-0.2, -0.15) is 0 Å². The fraction of sp³-hybridized carbons (Fsp3) is 1.00. The Kier molecular flexibility index (Phi) is 3.09. The SMILES string of the molecule is [Cl-].[NH3+][C@@H]1CS(=O)(=O)C[C@@H]1O. The molecule has 2 atom stereocenters. The summed E-state index contributed by atoms with van der Waals surface area (Å²) < 4.78 is 21.3. The van der Waals surface area contributed by atoms with Gasteiger partial charge in [-0.1, -0.05) is 0 Å². The lowest BCUT2D eigenvalue weighted by molar-refractivity contribution is -0.425. The average Bonchev–Trinajstić information content (AvgIpc) is 1.79. The van der Waals surface area contributed by atoms with Crippen molar-refractivity contribution in [2.24, 2.45) is 0 Å². The largest absolute Gasteiger partial charge is 1.00 e. The number of quaternary nitrogens is 1. The van der Waals surface area contributed by atoms with Gasteiger partial charge in [0.1, 0.15) is 17.9 Å². The Bertz CT molecular complexity index is 187. The van der Waals surface area contributed by atoms with Crippen LogP contribution in [0, 0.1) is 0 Å². The topological polar surface area (TPSA) is 82.0 Å². The number of hydrogen-bond donors (Lipinski definition) is 2. The van der Waals surface area contributed by atoms with E-state index in [0.29, 0.717) is 0 Å². The first-order valence-corrected chi connectivity index (χ1v) is 4.55. The number of sulfone groups is 1. The molecule has 1 fully saturated rings. The molecule has 4 N–H and O–H groups in total. The van der Waals surface area contributed by atoms with E-state index in [1.54, 1.807) is 0 Å². The lowest BCUT2D eigenvalue weighted by Crippen LogP contribution is -3.00. The standard InChI is InChI=1S/C4H9NO3S.ClH/c5-3-1-9(7,8)2-4(3)6;/h3-4,6H,1-2,5H2;1H/t3-,4+;/m1./s1. The van der Waals surface area contributed by atoms with Gasteiger partial charge in [0.25, 0.3) is 0 Å². The van der Waals surface area contributed by atoms with Crippen molar-refractivity contribution in [1.29, 1.82) is 0 Å². The Balaban J connectivity index is 0.000000810. The molecule has 1 aliphatic rings. The molecule has 1 heterocycles. The number of aliphatic hydroxyl groups excluding tert-OH is 1. The van der Waals surface area contributed by atoms with E-state index in [9.17, 15) is 8.42 Å². The van der Waals surface area contributed by atoms with Crippen LogP contribution in [0.5, 0.6) is 0 Å². The fourth-order valence-corrected chi connectivity index (χ4v) is 2.70. The second kappa shape index (κ2) is 3.04. The molecule has 0 aliphatic carbocycles. The van der Waals surface area contributed by atoms with Crippen molar-refractivity contribution in [1.82, 2.24) is 0 Å². The molecule has 0 bridgehead atoms. The first kappa shape index (κ1) is 10.2. The minimum absolute atomic E-state index is 0. The van der Waals surface area contributed by atoms with Crippen LogP contribution in [-0.2, 0) is 9.84 Å². The van der Waals surface area contributed by atoms with Crippen LogP contribution in [0.1, 0.15) is 0 Å². The minimum Gasteiger partial charge on any atom is -1.00 e. The highest BCUT2D eigenvalue weighted by molar-refractivity contribution is 7.91. The van der Waals surface area contributed by atoms with Crippen LogP contribution < -0.4 is 18.1 Å². The molecule has 0 saturated carbocycles. The molecule has 62 valence electrons. The third kappa shape index (κ3) is 2.09. The second-order valence-electron chi connectivity index (χ2n) is 2.40. The van der Waals surface area contributed by atoms with Gasteiger partial charge in [0.2, 0.25) is 0 Å². The van der Waals surface area contributed by atoms with E-state index >= 15 is 0 Å². The van der Waals surface area contributed by atoms with Crippen molar-refractivity contribution < 1.29 is 31.7 Å². The Hall–Kier alpha value is 0.160. The van der Waals surface area contributed by atoms with Gasteiger partial charge in [0.05, 0.1) is 5.75 Å². The molecule has 0 radical (unpaired) electrons. The molecular weight excluding hydrogens is 178 g/mol. The van der Waals surface area contributed by atoms with Crippen molar-refractivity contribution in [3.63, 3.8) is 0 Å². The van der Waals surface area contributed by atoms with Gasteiger partial charge in [-0.15, -0.1) is 0 Å². The number of rotatable bonds is 0. The Morgan fingerprint density at radius 1 is 1.40 bits per heavy atom. The molecule has 10 heavy (non-hydrogen) atoms. The third-order valence-corrected chi connectivity index (χ3v) is 3.22. The van der Waals surface area contributed by atoms with Crippen molar-refractivity contribution in [3.05, 3.63) is 0 Å². The van der Waals surface area contributed by atoms with Crippen molar-refractivity contribution in [3.8, 4) is 0 Å². The maximum absolute atomic E-state index is 10.7. The Morgan fingerprint density at radius 2 is 1.90 bits per heavy atom. The molecule has 1 aliphatic heterocycles. The zero-order valence-electron chi connectivity index (χ0n) is 5.33. The van der Waals surface area contributed by atoms with Crippen LogP contribution in [0.3, 0.4) is 0 Å². The van der Waals surface area contributed by atoms with E-state index in [4.69, 9.17) is 5.11 Å². The van der Waals surface area contributed by atoms with Gasteiger partial charge in [-0.3, -0.25) is 0 Å². The van der Waals surface area contributed by atoms with Crippen molar-refractivity contribution >= 4 is 9.84 Å². The summed E-state index contributed by atoms with van der Waals surface area (Å²) in [5.41, 5.74) is 3.48. The van der Waals surface area contributed by atoms with E-state index in [1.807, 2.05) is 0 Å². The predicted octanol–water partition coefficient (Wildman–Crippen LogP) is -5.61. The minimum atomic E-state index is -2.96. The first-order valence-electron chi connectivity index (χ1n) is 2.73. The molecule has 1 rings (SSSR count). The van der Waals surface area contributed by atoms with E-state index in [1.165, 1.54) is 0 Å². The first-order chi connectivity index (χ1) is 4.01. The lowest BCUT2D eigenvalue weighted by Gasteiger charge is -1.98. The van der Waals surface area contributed by atoms with Crippen LogP contribution >= 0.6 is 0 Å². The highest BCUT2D eigenvalue weighted by Gasteiger charge is 2.36. The molecular formula is C4H10ClNO3S. The lowest BCUT2D eigenvalue weighted by atomic mass is 10.2. The summed E-state index contributed by atoms with van der Waals surface area (Å²) in [6.45, 7) is 0. The maximum atomic E-state index is 10.7. The summed E-state index contributed by atoms with van der Waals surface area (Å²) in [6.07, 6.45) is -0.741. The average molecular weight is 188 g/mol. The molecule has 4 nitrogen and oxygen atoms in total. The summed E-state index contributed by atoms with van der Waals surface area (Å²) in [5, 5.41) is 8.89. The van der Waals surface area contributed by atoms with Crippen LogP contribution in [0.15, 0.2) is 0 Å². The van der Waals surface area contributed by atoms with Gasteiger partial charge in [-0.25, -0.2) is 8.42 Å². The molecule has 6 heteroatoms. The van der Waals surface area contributed by atoms with E-state index in [0.717, 1.165) is 0 Å². The Labute approximate surface area is 65.7 Å². The second-order valence-corrected chi connectivity index (χ2v) is 4.56. The fourth-order valence-electron chi connectivity index (χ4n) is 0.902. The summed E-state index contributed by atoms with van der Waals surface area (Å²) in [7, 11) is -2.96. The van der Waals surface area contributed by atoms with Gasteiger partial charge in [0, 0.05) is 0 Å². The monoisotopic (exact) mass is 187 g/mol. The summed E-state index contributed by atoms with van der Waals surface area (Å²) in [4.78, 5) is 0. The highest BCUT2D eigenvalue weighted by atomic mass is 35.5. The number of hydrogen-bond acceptors (Lipinski definition) is 3. The highest BCUT2D eigenvalue weighted by Crippen LogP contribution is 2.07. The van der Waals surface area contributed by atoms with Crippen LogP contribution in [0.4, 0.5) is 0 Å². The van der Waals surface area contributed by atoms with Crippen LogP contribution in [-0.4, -0.2) is 37.2 Å². The molecule has 0 aromatic carbocycles. The molecule has 0 aromatic heterocycles. The third-order valence-electron chi connectivity index (χ3n) is 1.44. The molecule has 0 amide bonds. The zero-order valence-corrected chi connectivity index (χ0v) is 6.90. The maximum Gasteiger partial charge on any atom is 0.159 e. The van der Waals surface area contributed by atoms with Crippen LogP contribution in [0.2, 0.25) is 0 Å². The van der Waals surface area contributed by atoms with Crippen molar-refractivity contribution in [2.75, 3.05) is 11.5 Å². The summed E-state index contributed by atoms with van der Waals surface area (Å²) in [5.74, 6) is -0.0741. The van der Waals surface area contributed by atoms with E-state index < -0.39 is 15.9 Å². The number of aliphatic hydroxyl groups is 1. The van der Waals surface area contributed by atoms with Crippen LogP contribution in [0.25, 0.3) is 0 Å². The zero-order chi connectivity index (χ0) is 7.07. The van der Waals surface area contributed by atoms with Gasteiger partial charge in [-0.05, 0) is 0 Å². The Morgan fingerprint density at radius 3 is 2.00 bits per heavy atom. The van der Waals surface area contributed by atoms with E-state index in [-0.39, 0.29) is 30.0 Å². The van der Waals surface area contributed by atoms with Crippen molar-refractivity contribution in [2.45, 2.75) is 12.1 Å². The quantitative estimate of drug-likeness (QED) is 0.397. The molecule has 0 spiro atoms. The summed E-state index contributed by atoms with van der Waals surface area (Å²) in [6, 6.07) is -0.324.